The molecule has 2 nitrogen and oxygen atoms in total. The SMILES string of the molecule is CC(O)(CCNC(C)(C)C)Cc1ccc(Br)cc1F. The smallest absolute Gasteiger partial charge is 0.127 e. The van der Waals surface area contributed by atoms with Crippen LogP contribution in [0.3, 0.4) is 0 Å². The molecule has 2 N–H and O–H groups in total. The number of hydrogen-bond donors (Lipinski definition) is 2. The highest BCUT2D eigenvalue weighted by atomic mass is 79.9. The Labute approximate surface area is 123 Å². The fourth-order valence-electron chi connectivity index (χ4n) is 1.87. The summed E-state index contributed by atoms with van der Waals surface area (Å²) in [7, 11) is 0. The Hall–Kier alpha value is -0.450. The van der Waals surface area contributed by atoms with Crippen LogP contribution < -0.4 is 5.32 Å². The minimum Gasteiger partial charge on any atom is -0.390 e. The number of aliphatic hydroxyl groups is 1. The summed E-state index contributed by atoms with van der Waals surface area (Å²) in [6.07, 6.45) is 0.901. The molecule has 0 heterocycles. The standard InChI is InChI=1S/C15H23BrFNO/c1-14(2,3)18-8-7-15(4,19)10-11-5-6-12(16)9-13(11)17/h5-6,9,18-19H,7-8,10H2,1-4H3. The molecule has 0 aliphatic carbocycles. The molecule has 0 saturated carbocycles. The van der Waals surface area contributed by atoms with Crippen molar-refractivity contribution in [3.05, 3.63) is 34.1 Å². The number of benzene rings is 1. The molecule has 108 valence electrons. The van der Waals surface area contributed by atoms with E-state index in [1.54, 1.807) is 19.1 Å². The van der Waals surface area contributed by atoms with E-state index in [1.165, 1.54) is 6.07 Å². The Kier molecular flexibility index (Phi) is 5.53. The van der Waals surface area contributed by atoms with E-state index in [0.29, 0.717) is 29.4 Å². The predicted molar refractivity (Wildman–Crippen MR) is 80.8 cm³/mol. The molecule has 0 saturated heterocycles. The molecular weight excluding hydrogens is 309 g/mol. The van der Waals surface area contributed by atoms with Gasteiger partial charge in [0.15, 0.2) is 0 Å². The Morgan fingerprint density at radius 2 is 1.89 bits per heavy atom. The van der Waals surface area contributed by atoms with Crippen LogP contribution in [0.5, 0.6) is 0 Å². The van der Waals surface area contributed by atoms with Gasteiger partial charge in [0.05, 0.1) is 5.60 Å². The third kappa shape index (κ3) is 6.50. The van der Waals surface area contributed by atoms with Crippen molar-refractivity contribution in [3.8, 4) is 0 Å². The number of nitrogens with one attached hydrogen (secondary N) is 1. The molecular formula is C15H23BrFNO. The molecule has 1 unspecified atom stereocenters. The van der Waals surface area contributed by atoms with E-state index in [-0.39, 0.29) is 11.4 Å². The van der Waals surface area contributed by atoms with Gasteiger partial charge >= 0.3 is 0 Å². The lowest BCUT2D eigenvalue weighted by molar-refractivity contribution is 0.0491. The highest BCUT2D eigenvalue weighted by molar-refractivity contribution is 9.10. The minimum absolute atomic E-state index is 0.0267. The van der Waals surface area contributed by atoms with Gasteiger partial charge in [-0.25, -0.2) is 4.39 Å². The van der Waals surface area contributed by atoms with Gasteiger partial charge in [0.25, 0.3) is 0 Å². The zero-order valence-corrected chi connectivity index (χ0v) is 13.6. The van der Waals surface area contributed by atoms with Crippen LogP contribution in [0.1, 0.15) is 39.7 Å². The highest BCUT2D eigenvalue weighted by Crippen LogP contribution is 2.22. The van der Waals surface area contributed by atoms with E-state index < -0.39 is 5.60 Å². The third-order valence-corrected chi connectivity index (χ3v) is 3.40. The zero-order chi connectivity index (χ0) is 14.7. The van der Waals surface area contributed by atoms with Gasteiger partial charge < -0.3 is 10.4 Å². The zero-order valence-electron chi connectivity index (χ0n) is 12.1. The fourth-order valence-corrected chi connectivity index (χ4v) is 2.20. The summed E-state index contributed by atoms with van der Waals surface area (Å²) >= 11 is 3.23. The highest BCUT2D eigenvalue weighted by Gasteiger charge is 2.23. The van der Waals surface area contributed by atoms with Crippen molar-refractivity contribution in [1.29, 1.82) is 0 Å². The fraction of sp³-hybridized carbons (Fsp3) is 0.600. The Morgan fingerprint density at radius 3 is 2.42 bits per heavy atom. The van der Waals surface area contributed by atoms with Crippen molar-refractivity contribution in [2.75, 3.05) is 6.54 Å². The van der Waals surface area contributed by atoms with E-state index in [4.69, 9.17) is 0 Å². The first-order chi connectivity index (χ1) is 8.59. The summed E-state index contributed by atoms with van der Waals surface area (Å²) in [5, 5.41) is 13.7. The van der Waals surface area contributed by atoms with E-state index in [0.717, 1.165) is 0 Å². The maximum atomic E-state index is 13.7. The molecule has 1 aromatic rings. The second kappa shape index (κ2) is 6.33. The quantitative estimate of drug-likeness (QED) is 0.862. The molecule has 0 aromatic heterocycles. The molecule has 0 radical (unpaired) electrons. The van der Waals surface area contributed by atoms with Crippen molar-refractivity contribution in [2.24, 2.45) is 0 Å². The first-order valence-electron chi connectivity index (χ1n) is 6.50. The van der Waals surface area contributed by atoms with Gasteiger partial charge in [-0.3, -0.25) is 0 Å². The Bertz CT molecular complexity index is 427. The van der Waals surface area contributed by atoms with Crippen LogP contribution in [-0.4, -0.2) is 22.8 Å². The van der Waals surface area contributed by atoms with Gasteiger partial charge in [-0.2, -0.15) is 0 Å². The largest absolute Gasteiger partial charge is 0.390 e. The van der Waals surface area contributed by atoms with Gasteiger partial charge in [-0.15, -0.1) is 0 Å². The van der Waals surface area contributed by atoms with Gasteiger partial charge in [0.2, 0.25) is 0 Å². The molecule has 1 aromatic carbocycles. The second-order valence-electron chi connectivity index (χ2n) is 6.34. The molecule has 1 atom stereocenters. The van der Waals surface area contributed by atoms with Crippen molar-refractivity contribution < 1.29 is 9.50 Å². The molecule has 19 heavy (non-hydrogen) atoms. The van der Waals surface area contributed by atoms with Crippen LogP contribution >= 0.6 is 15.9 Å². The normalized spacial score (nSPS) is 15.3. The molecule has 0 aliphatic rings. The predicted octanol–water partition coefficient (Wildman–Crippen LogP) is 3.66. The van der Waals surface area contributed by atoms with E-state index in [9.17, 15) is 9.50 Å². The molecule has 0 amide bonds. The first kappa shape index (κ1) is 16.6. The molecule has 1 rings (SSSR count). The summed E-state index contributed by atoms with van der Waals surface area (Å²) < 4.78 is 14.4. The molecule has 0 aliphatic heterocycles. The average Bonchev–Trinajstić information content (AvgIpc) is 2.20. The molecule has 4 heteroatoms. The second-order valence-corrected chi connectivity index (χ2v) is 7.25. The van der Waals surface area contributed by atoms with Crippen LogP contribution in [0, 0.1) is 5.82 Å². The minimum atomic E-state index is -0.910. The maximum absolute atomic E-state index is 13.7. The van der Waals surface area contributed by atoms with E-state index >= 15 is 0 Å². The van der Waals surface area contributed by atoms with Crippen LogP contribution in [0.25, 0.3) is 0 Å². The van der Waals surface area contributed by atoms with Gasteiger partial charge in [-0.1, -0.05) is 22.0 Å². The number of halogens is 2. The van der Waals surface area contributed by atoms with Crippen LogP contribution in [0.4, 0.5) is 4.39 Å². The van der Waals surface area contributed by atoms with Crippen molar-refractivity contribution in [3.63, 3.8) is 0 Å². The van der Waals surface area contributed by atoms with Crippen molar-refractivity contribution >= 4 is 15.9 Å². The Morgan fingerprint density at radius 1 is 1.26 bits per heavy atom. The third-order valence-electron chi connectivity index (χ3n) is 2.91. The van der Waals surface area contributed by atoms with Gasteiger partial charge in [-0.05, 0) is 58.4 Å². The lowest BCUT2D eigenvalue weighted by Crippen LogP contribution is -2.40. The van der Waals surface area contributed by atoms with Crippen molar-refractivity contribution in [1.82, 2.24) is 5.32 Å². The number of hydrogen-bond acceptors (Lipinski definition) is 2. The lowest BCUT2D eigenvalue weighted by Gasteiger charge is -2.27. The first-order valence-corrected chi connectivity index (χ1v) is 7.30. The molecule has 0 spiro atoms. The average molecular weight is 332 g/mol. The summed E-state index contributed by atoms with van der Waals surface area (Å²) in [5.41, 5.74) is -0.338. The van der Waals surface area contributed by atoms with Crippen LogP contribution in [0.2, 0.25) is 0 Å². The van der Waals surface area contributed by atoms with E-state index in [1.807, 2.05) is 0 Å². The van der Waals surface area contributed by atoms with Crippen molar-refractivity contribution in [2.45, 2.75) is 51.7 Å². The Balaban J connectivity index is 2.58. The maximum Gasteiger partial charge on any atom is 0.127 e. The summed E-state index contributed by atoms with van der Waals surface area (Å²) in [4.78, 5) is 0. The van der Waals surface area contributed by atoms with Crippen LogP contribution in [0.15, 0.2) is 22.7 Å². The monoisotopic (exact) mass is 331 g/mol. The number of rotatable bonds is 5. The van der Waals surface area contributed by atoms with E-state index in [2.05, 4.69) is 42.0 Å². The summed E-state index contributed by atoms with van der Waals surface area (Å²) in [5.74, 6) is -0.279. The van der Waals surface area contributed by atoms with Gasteiger partial charge in [0.1, 0.15) is 5.82 Å². The molecule has 0 fully saturated rings. The molecule has 0 bridgehead atoms. The topological polar surface area (TPSA) is 32.3 Å². The summed E-state index contributed by atoms with van der Waals surface area (Å²) in [6, 6.07) is 4.94. The van der Waals surface area contributed by atoms with Gasteiger partial charge in [0, 0.05) is 16.4 Å². The summed E-state index contributed by atoms with van der Waals surface area (Å²) in [6.45, 7) is 8.69. The van der Waals surface area contributed by atoms with Crippen LogP contribution in [-0.2, 0) is 6.42 Å². The lowest BCUT2D eigenvalue weighted by atomic mass is 9.92.